The fraction of sp³-hybridized carbons (Fsp3) is 0.462. The Kier molecular flexibility index (Phi) is 4.75. The standard InChI is InChI=1S/C13H16ClNO5S/c1-8-3-5-10(20-8)13(16)15-9-4-6-12(21(14,17)18)11(7-9)19-2/h4,6-8,10H,3,5H2,1-2H3,(H,15,16). The Morgan fingerprint density at radius 1 is 1.43 bits per heavy atom. The molecule has 6 nitrogen and oxygen atoms in total. The van der Waals surface area contributed by atoms with Crippen molar-refractivity contribution < 1.29 is 22.7 Å². The highest BCUT2D eigenvalue weighted by molar-refractivity contribution is 8.13. The number of halogens is 1. The molecule has 1 aliphatic rings. The van der Waals surface area contributed by atoms with Crippen LogP contribution in [0.1, 0.15) is 19.8 Å². The molecule has 1 aromatic rings. The average molecular weight is 334 g/mol. The third-order valence-electron chi connectivity index (χ3n) is 3.22. The van der Waals surface area contributed by atoms with Crippen LogP contribution in [0.25, 0.3) is 0 Å². The number of carbonyl (C=O) groups excluding carboxylic acids is 1. The molecule has 1 aromatic carbocycles. The van der Waals surface area contributed by atoms with E-state index in [0.29, 0.717) is 12.1 Å². The van der Waals surface area contributed by atoms with E-state index in [0.717, 1.165) is 6.42 Å². The maximum absolute atomic E-state index is 12.0. The molecule has 2 atom stereocenters. The molecule has 8 heteroatoms. The quantitative estimate of drug-likeness (QED) is 0.854. The molecule has 0 spiro atoms. The van der Waals surface area contributed by atoms with Gasteiger partial charge in [0.25, 0.3) is 15.0 Å². The number of methoxy groups -OCH3 is 1. The number of hydrogen-bond acceptors (Lipinski definition) is 5. The first-order valence-electron chi connectivity index (χ1n) is 6.40. The molecule has 1 saturated heterocycles. The summed E-state index contributed by atoms with van der Waals surface area (Å²) in [5.74, 6) is -0.189. The van der Waals surface area contributed by atoms with Gasteiger partial charge in [0.15, 0.2) is 0 Å². The van der Waals surface area contributed by atoms with Gasteiger partial charge in [-0.25, -0.2) is 8.42 Å². The average Bonchev–Trinajstić information content (AvgIpc) is 2.84. The molecule has 1 fully saturated rings. The van der Waals surface area contributed by atoms with Crippen LogP contribution in [-0.4, -0.2) is 33.6 Å². The lowest BCUT2D eigenvalue weighted by atomic mass is 10.2. The van der Waals surface area contributed by atoms with Crippen LogP contribution in [0.2, 0.25) is 0 Å². The smallest absolute Gasteiger partial charge is 0.264 e. The first-order valence-corrected chi connectivity index (χ1v) is 8.71. The molecular weight excluding hydrogens is 318 g/mol. The molecule has 2 rings (SSSR count). The zero-order valence-electron chi connectivity index (χ0n) is 11.6. The van der Waals surface area contributed by atoms with Crippen molar-refractivity contribution in [3.8, 4) is 5.75 Å². The van der Waals surface area contributed by atoms with E-state index in [1.807, 2.05) is 6.92 Å². The van der Waals surface area contributed by atoms with E-state index in [-0.39, 0.29) is 22.7 Å². The number of benzene rings is 1. The Morgan fingerprint density at radius 3 is 2.67 bits per heavy atom. The number of rotatable bonds is 4. The second kappa shape index (κ2) is 6.21. The maximum Gasteiger partial charge on any atom is 0.264 e. The van der Waals surface area contributed by atoms with E-state index in [2.05, 4.69) is 5.32 Å². The van der Waals surface area contributed by atoms with E-state index in [9.17, 15) is 13.2 Å². The topological polar surface area (TPSA) is 81.7 Å². The SMILES string of the molecule is COc1cc(NC(=O)C2CCC(C)O2)ccc1S(=O)(=O)Cl. The van der Waals surface area contributed by atoms with Crippen molar-refractivity contribution in [1.29, 1.82) is 0 Å². The van der Waals surface area contributed by atoms with Gasteiger partial charge < -0.3 is 14.8 Å². The number of ether oxygens (including phenoxy) is 2. The van der Waals surface area contributed by atoms with E-state index in [1.54, 1.807) is 0 Å². The predicted octanol–water partition coefficient (Wildman–Crippen LogP) is 2.13. The molecule has 2 unspecified atom stereocenters. The van der Waals surface area contributed by atoms with E-state index in [4.69, 9.17) is 20.2 Å². The Bertz CT molecular complexity index is 646. The minimum atomic E-state index is -3.90. The minimum absolute atomic E-state index is 0.0686. The second-order valence-corrected chi connectivity index (χ2v) is 7.34. The molecule has 0 aliphatic carbocycles. The van der Waals surface area contributed by atoms with Crippen LogP contribution in [0.15, 0.2) is 23.1 Å². The number of hydrogen-bond donors (Lipinski definition) is 1. The highest BCUT2D eigenvalue weighted by Gasteiger charge is 2.28. The fourth-order valence-corrected chi connectivity index (χ4v) is 3.16. The maximum atomic E-state index is 12.0. The second-order valence-electron chi connectivity index (χ2n) is 4.81. The monoisotopic (exact) mass is 333 g/mol. The Balaban J connectivity index is 2.16. The summed E-state index contributed by atoms with van der Waals surface area (Å²) >= 11 is 0. The van der Waals surface area contributed by atoms with Crippen LogP contribution in [-0.2, 0) is 18.6 Å². The summed E-state index contributed by atoms with van der Waals surface area (Å²) in [6.07, 6.45) is 1.09. The number of nitrogens with one attached hydrogen (secondary N) is 1. The van der Waals surface area contributed by atoms with Gasteiger partial charge in [-0.3, -0.25) is 4.79 Å². The van der Waals surface area contributed by atoms with Gasteiger partial charge in [0.2, 0.25) is 0 Å². The number of anilines is 1. The van der Waals surface area contributed by atoms with Gasteiger partial charge in [0.05, 0.1) is 13.2 Å². The lowest BCUT2D eigenvalue weighted by molar-refractivity contribution is -0.126. The zero-order chi connectivity index (χ0) is 15.6. The number of amides is 1. The van der Waals surface area contributed by atoms with Crippen LogP contribution in [0.5, 0.6) is 5.75 Å². The molecule has 1 N–H and O–H groups in total. The molecule has 1 aliphatic heterocycles. The summed E-state index contributed by atoms with van der Waals surface area (Å²) in [7, 11) is 2.73. The van der Waals surface area contributed by atoms with E-state index in [1.165, 1.54) is 25.3 Å². The molecule has 0 radical (unpaired) electrons. The van der Waals surface area contributed by atoms with Gasteiger partial charge >= 0.3 is 0 Å². The van der Waals surface area contributed by atoms with Gasteiger partial charge in [-0.05, 0) is 31.9 Å². The zero-order valence-corrected chi connectivity index (χ0v) is 13.2. The van der Waals surface area contributed by atoms with Gasteiger partial charge in [-0.1, -0.05) is 0 Å². The normalized spacial score (nSPS) is 22.0. The molecule has 1 amide bonds. The fourth-order valence-electron chi connectivity index (χ4n) is 2.17. The van der Waals surface area contributed by atoms with Crippen LogP contribution in [0.4, 0.5) is 5.69 Å². The highest BCUT2D eigenvalue weighted by Crippen LogP contribution is 2.30. The van der Waals surface area contributed by atoms with Crippen molar-refractivity contribution in [3.05, 3.63) is 18.2 Å². The lowest BCUT2D eigenvalue weighted by Gasteiger charge is -2.13. The summed E-state index contributed by atoms with van der Waals surface area (Å²) < 4.78 is 33.2. The predicted molar refractivity (Wildman–Crippen MR) is 78.2 cm³/mol. The largest absolute Gasteiger partial charge is 0.495 e. The summed E-state index contributed by atoms with van der Waals surface area (Å²) in [6, 6.07) is 4.15. The molecule has 1 heterocycles. The Hall–Kier alpha value is -1.31. The van der Waals surface area contributed by atoms with Crippen LogP contribution >= 0.6 is 10.7 Å². The molecule has 0 saturated carbocycles. The third kappa shape index (κ3) is 3.87. The van der Waals surface area contributed by atoms with Gasteiger partial charge in [0.1, 0.15) is 16.7 Å². The van der Waals surface area contributed by atoms with Crippen LogP contribution in [0.3, 0.4) is 0 Å². The Labute approximate surface area is 127 Å². The summed E-state index contributed by atoms with van der Waals surface area (Å²) in [4.78, 5) is 11.9. The third-order valence-corrected chi connectivity index (χ3v) is 4.58. The Morgan fingerprint density at radius 2 is 2.14 bits per heavy atom. The van der Waals surface area contributed by atoms with Crippen molar-refractivity contribution in [2.45, 2.75) is 36.9 Å². The molecule has 0 aromatic heterocycles. The van der Waals surface area contributed by atoms with E-state index >= 15 is 0 Å². The van der Waals surface area contributed by atoms with Gasteiger partial charge in [-0.15, -0.1) is 0 Å². The van der Waals surface area contributed by atoms with Crippen molar-refractivity contribution in [1.82, 2.24) is 0 Å². The molecule has 21 heavy (non-hydrogen) atoms. The van der Waals surface area contributed by atoms with E-state index < -0.39 is 15.2 Å². The van der Waals surface area contributed by atoms with Crippen molar-refractivity contribution in [3.63, 3.8) is 0 Å². The highest BCUT2D eigenvalue weighted by atomic mass is 35.7. The molecule has 0 bridgehead atoms. The van der Waals surface area contributed by atoms with Gasteiger partial charge in [-0.2, -0.15) is 0 Å². The minimum Gasteiger partial charge on any atom is -0.495 e. The van der Waals surface area contributed by atoms with Gasteiger partial charge in [0, 0.05) is 22.4 Å². The van der Waals surface area contributed by atoms with Crippen LogP contribution in [0, 0.1) is 0 Å². The summed E-state index contributed by atoms with van der Waals surface area (Å²) in [5.41, 5.74) is 0.420. The van der Waals surface area contributed by atoms with Crippen molar-refractivity contribution in [2.24, 2.45) is 0 Å². The summed E-state index contributed by atoms with van der Waals surface area (Å²) in [6.45, 7) is 1.91. The lowest BCUT2D eigenvalue weighted by Crippen LogP contribution is -2.27. The van der Waals surface area contributed by atoms with Crippen molar-refractivity contribution in [2.75, 3.05) is 12.4 Å². The first-order chi connectivity index (χ1) is 9.81. The van der Waals surface area contributed by atoms with Crippen molar-refractivity contribution >= 4 is 31.3 Å². The number of carbonyl (C=O) groups is 1. The molecular formula is C13H16ClNO5S. The first kappa shape index (κ1) is 16.1. The molecule has 116 valence electrons. The summed E-state index contributed by atoms with van der Waals surface area (Å²) in [5, 5.41) is 2.68. The van der Waals surface area contributed by atoms with Crippen LogP contribution < -0.4 is 10.1 Å².